The molecule has 0 saturated carbocycles. The lowest BCUT2D eigenvalue weighted by atomic mass is 9.96. The number of hydrogen-bond acceptors (Lipinski definition) is 7. The van der Waals surface area contributed by atoms with Crippen molar-refractivity contribution in [2.45, 2.75) is 52.2 Å². The predicted octanol–water partition coefficient (Wildman–Crippen LogP) is 4.80. The van der Waals surface area contributed by atoms with Gasteiger partial charge >= 0.3 is 5.63 Å². The zero-order chi connectivity index (χ0) is 27.6. The fourth-order valence-corrected chi connectivity index (χ4v) is 5.94. The molecule has 0 spiro atoms. The van der Waals surface area contributed by atoms with Crippen molar-refractivity contribution in [1.82, 2.24) is 14.6 Å². The van der Waals surface area contributed by atoms with Crippen LogP contribution in [-0.4, -0.2) is 43.4 Å². The number of hydrogen-bond donors (Lipinski definition) is 3. The molecule has 4 aromatic rings. The van der Waals surface area contributed by atoms with Gasteiger partial charge in [-0.1, -0.05) is 18.2 Å². The average molecular weight is 627 g/mol. The minimum atomic E-state index is -0.821. The second-order valence-corrected chi connectivity index (χ2v) is 12.0. The highest BCUT2D eigenvalue weighted by atomic mass is 127. The molecule has 9 nitrogen and oxygen atoms in total. The van der Waals surface area contributed by atoms with Gasteiger partial charge in [0.15, 0.2) is 0 Å². The second kappa shape index (κ2) is 9.21. The molecule has 2 aromatic carbocycles. The smallest absolute Gasteiger partial charge is 0.349 e. The van der Waals surface area contributed by atoms with Gasteiger partial charge < -0.3 is 25.2 Å². The molecule has 1 amide bonds. The molecule has 5 rings (SSSR count). The molecule has 4 N–H and O–H groups in total. The number of fused-ring (bicyclic) bond motifs is 2. The van der Waals surface area contributed by atoms with E-state index in [4.69, 9.17) is 15.1 Å². The van der Waals surface area contributed by atoms with E-state index in [2.05, 4.69) is 46.1 Å². The maximum absolute atomic E-state index is 12.5. The minimum Gasteiger partial charge on any atom is -0.422 e. The van der Waals surface area contributed by atoms with Crippen molar-refractivity contribution >= 4 is 56.4 Å². The molecule has 1 aliphatic rings. The maximum Gasteiger partial charge on any atom is 0.349 e. The van der Waals surface area contributed by atoms with Gasteiger partial charge in [0.1, 0.15) is 11.1 Å². The number of halogens is 1. The first-order chi connectivity index (χ1) is 17.8. The molecule has 0 saturated heterocycles. The normalized spacial score (nSPS) is 16.8. The van der Waals surface area contributed by atoms with E-state index in [1.807, 2.05) is 50.5 Å². The molecule has 0 aliphatic carbocycles. The number of nitrogens with zero attached hydrogens (tertiary/aromatic N) is 3. The van der Waals surface area contributed by atoms with E-state index in [9.17, 15) is 14.8 Å². The lowest BCUT2D eigenvalue weighted by Crippen LogP contribution is -2.48. The first-order valence-corrected chi connectivity index (χ1v) is 13.3. The Kier molecular flexibility index (Phi) is 6.40. The van der Waals surface area contributed by atoms with Gasteiger partial charge in [-0.25, -0.2) is 9.78 Å². The molecule has 198 valence electrons. The third-order valence-electron chi connectivity index (χ3n) is 7.34. The molecule has 0 unspecified atom stereocenters. The molecule has 1 aliphatic heterocycles. The van der Waals surface area contributed by atoms with Crippen molar-refractivity contribution in [2.24, 2.45) is 5.73 Å². The second-order valence-electron chi connectivity index (χ2n) is 10.8. The number of aromatic nitrogens is 2. The third kappa shape index (κ3) is 4.40. The Hall–Kier alpha value is -3.22. The SMILES string of the molecule is Cc1c(C(N)=O)c(=O)oc2cc3c(cc12)nc(NCC1=CC(C)(C)N(O)C1(C)C)n3Cc1cccc(I)c1. The van der Waals surface area contributed by atoms with Crippen LogP contribution in [0.5, 0.6) is 0 Å². The summed E-state index contributed by atoms with van der Waals surface area (Å²) in [5.74, 6) is -0.187. The van der Waals surface area contributed by atoms with Crippen LogP contribution in [0.25, 0.3) is 22.0 Å². The first-order valence-electron chi connectivity index (χ1n) is 12.3. The fourth-order valence-electron chi connectivity index (χ4n) is 5.33. The summed E-state index contributed by atoms with van der Waals surface area (Å²) in [4.78, 5) is 29.3. The summed E-state index contributed by atoms with van der Waals surface area (Å²) in [6.45, 7) is 10.6. The number of carbonyl (C=O) groups is 1. The molecule has 0 radical (unpaired) electrons. The molecule has 0 fully saturated rings. The van der Waals surface area contributed by atoms with Gasteiger partial charge in [-0.15, -0.1) is 0 Å². The van der Waals surface area contributed by atoms with Crippen LogP contribution in [0.2, 0.25) is 0 Å². The summed E-state index contributed by atoms with van der Waals surface area (Å²) in [5.41, 5.74) is 7.90. The number of nitrogens with two attached hydrogens (primary N) is 1. The molecular weight excluding hydrogens is 597 g/mol. The zero-order valence-electron chi connectivity index (χ0n) is 21.9. The zero-order valence-corrected chi connectivity index (χ0v) is 24.1. The monoisotopic (exact) mass is 627 g/mol. The quantitative estimate of drug-likeness (QED) is 0.159. The van der Waals surface area contributed by atoms with Gasteiger partial charge in [0.05, 0.1) is 28.7 Å². The number of amides is 1. The Bertz CT molecular complexity index is 1700. The lowest BCUT2D eigenvalue weighted by Gasteiger charge is -2.36. The number of benzene rings is 2. The van der Waals surface area contributed by atoms with E-state index in [-0.39, 0.29) is 5.56 Å². The summed E-state index contributed by atoms with van der Waals surface area (Å²) < 4.78 is 8.68. The van der Waals surface area contributed by atoms with Gasteiger partial charge in [0.2, 0.25) is 5.95 Å². The van der Waals surface area contributed by atoms with Gasteiger partial charge in [-0.3, -0.25) is 4.79 Å². The van der Waals surface area contributed by atoms with E-state index in [1.165, 1.54) is 5.06 Å². The Balaban J connectivity index is 1.64. The Morgan fingerprint density at radius 3 is 2.58 bits per heavy atom. The Morgan fingerprint density at radius 2 is 1.95 bits per heavy atom. The van der Waals surface area contributed by atoms with Gasteiger partial charge in [0, 0.05) is 21.6 Å². The number of primary amides is 1. The third-order valence-corrected chi connectivity index (χ3v) is 8.01. The molecular formula is C28H30IN5O4. The van der Waals surface area contributed by atoms with Crippen molar-refractivity contribution in [2.75, 3.05) is 11.9 Å². The predicted molar refractivity (Wildman–Crippen MR) is 156 cm³/mol. The minimum absolute atomic E-state index is 0.153. The standard InChI is InChI=1S/C28H30IN5O4/c1-15-19-10-20-21(11-22(19)38-25(36)23(15)24(30)35)33(14-16-7-6-8-18(29)9-16)26(32-20)31-13-17-12-27(2,3)34(37)28(17,4)5/h6-12,37H,13-14H2,1-5H3,(H2,30,35)(H,31,32). The van der Waals surface area contributed by atoms with E-state index < -0.39 is 22.6 Å². The van der Waals surface area contributed by atoms with Crippen LogP contribution in [0.3, 0.4) is 0 Å². The highest BCUT2D eigenvalue weighted by molar-refractivity contribution is 14.1. The molecule has 0 atom stereocenters. The molecule has 0 bridgehead atoms. The maximum atomic E-state index is 12.5. The summed E-state index contributed by atoms with van der Waals surface area (Å²) in [7, 11) is 0. The number of nitrogens with one attached hydrogen (secondary N) is 1. The van der Waals surface area contributed by atoms with Gasteiger partial charge in [0.25, 0.3) is 5.91 Å². The van der Waals surface area contributed by atoms with Crippen molar-refractivity contribution in [1.29, 1.82) is 0 Å². The summed E-state index contributed by atoms with van der Waals surface area (Å²) in [5, 5.41) is 16.2. The highest BCUT2D eigenvalue weighted by Crippen LogP contribution is 2.38. The topological polar surface area (TPSA) is 127 Å². The number of carbonyl (C=O) groups excluding carboxylic acids is 1. The van der Waals surface area contributed by atoms with E-state index in [0.29, 0.717) is 41.1 Å². The van der Waals surface area contributed by atoms with Crippen LogP contribution in [0.1, 0.15) is 49.2 Å². The van der Waals surface area contributed by atoms with Crippen LogP contribution in [0.15, 0.2) is 57.3 Å². The van der Waals surface area contributed by atoms with Crippen molar-refractivity contribution in [3.63, 3.8) is 0 Å². The van der Waals surface area contributed by atoms with Crippen molar-refractivity contribution < 1.29 is 14.4 Å². The van der Waals surface area contributed by atoms with E-state index >= 15 is 0 Å². The summed E-state index contributed by atoms with van der Waals surface area (Å²) in [6, 6.07) is 11.8. The van der Waals surface area contributed by atoms with Crippen LogP contribution >= 0.6 is 22.6 Å². The Labute approximate surface area is 233 Å². The number of aryl methyl sites for hydroxylation is 1. The Morgan fingerprint density at radius 1 is 1.21 bits per heavy atom. The van der Waals surface area contributed by atoms with Crippen LogP contribution in [0, 0.1) is 10.5 Å². The highest BCUT2D eigenvalue weighted by Gasteiger charge is 2.44. The number of imidazole rings is 1. The molecule has 2 aromatic heterocycles. The first kappa shape index (κ1) is 26.4. The molecule has 3 heterocycles. The van der Waals surface area contributed by atoms with Crippen LogP contribution < -0.4 is 16.7 Å². The average Bonchev–Trinajstić information content (AvgIpc) is 3.23. The summed E-state index contributed by atoms with van der Waals surface area (Å²) in [6.07, 6.45) is 2.07. The van der Waals surface area contributed by atoms with Crippen molar-refractivity contribution in [3.8, 4) is 0 Å². The number of rotatable bonds is 6. The summed E-state index contributed by atoms with van der Waals surface area (Å²) >= 11 is 2.29. The van der Waals surface area contributed by atoms with E-state index in [1.54, 1.807) is 13.0 Å². The lowest BCUT2D eigenvalue weighted by molar-refractivity contribution is -0.185. The van der Waals surface area contributed by atoms with Crippen LogP contribution in [0.4, 0.5) is 5.95 Å². The molecule has 38 heavy (non-hydrogen) atoms. The van der Waals surface area contributed by atoms with Crippen LogP contribution in [-0.2, 0) is 6.54 Å². The largest absolute Gasteiger partial charge is 0.422 e. The van der Waals surface area contributed by atoms with E-state index in [0.717, 1.165) is 20.2 Å². The van der Waals surface area contributed by atoms with Gasteiger partial charge in [-0.05, 0) is 92.1 Å². The van der Waals surface area contributed by atoms with Crippen molar-refractivity contribution in [3.05, 3.63) is 78.7 Å². The number of anilines is 1. The van der Waals surface area contributed by atoms with Gasteiger partial charge in [-0.2, -0.15) is 5.06 Å². The molecule has 10 heteroatoms. The fraction of sp³-hybridized carbons (Fsp3) is 0.321. The number of hydroxylamine groups is 2.